The molecule has 1 saturated heterocycles. The van der Waals surface area contributed by atoms with Crippen LogP contribution in [0.2, 0.25) is 0 Å². The van der Waals surface area contributed by atoms with Gasteiger partial charge in [-0.25, -0.2) is 0 Å². The van der Waals surface area contributed by atoms with E-state index in [0.29, 0.717) is 12.8 Å². The van der Waals surface area contributed by atoms with Crippen LogP contribution in [-0.2, 0) is 16.8 Å². The van der Waals surface area contributed by atoms with Crippen molar-refractivity contribution in [2.24, 2.45) is 0 Å². The molecule has 0 radical (unpaired) electrons. The fourth-order valence-electron chi connectivity index (χ4n) is 3.39. The maximum absolute atomic E-state index is 12.0. The predicted octanol–water partition coefficient (Wildman–Crippen LogP) is 3.51. The number of hydrogen-bond donors (Lipinski definition) is 1. The lowest BCUT2D eigenvalue weighted by molar-refractivity contribution is -0.146. The Balaban J connectivity index is 1.73. The largest absolute Gasteiger partial charge is 0.481 e. The molecule has 0 saturated carbocycles. The third-order valence-electron chi connectivity index (χ3n) is 4.89. The Morgan fingerprint density at radius 1 is 1.17 bits per heavy atom. The average molecular weight is 313 g/mol. The van der Waals surface area contributed by atoms with Crippen LogP contribution in [0.15, 0.2) is 41.0 Å². The van der Waals surface area contributed by atoms with Gasteiger partial charge in [-0.05, 0) is 43.9 Å². The number of furan rings is 1. The van der Waals surface area contributed by atoms with Crippen molar-refractivity contribution in [2.75, 3.05) is 13.1 Å². The first-order valence-electron chi connectivity index (χ1n) is 8.06. The van der Waals surface area contributed by atoms with Crippen LogP contribution >= 0.6 is 0 Å². The first kappa shape index (κ1) is 15.8. The molecule has 1 fully saturated rings. The van der Waals surface area contributed by atoms with Crippen LogP contribution in [0.1, 0.15) is 35.3 Å². The molecular weight excluding hydrogens is 290 g/mol. The van der Waals surface area contributed by atoms with Crippen molar-refractivity contribution < 1.29 is 14.3 Å². The van der Waals surface area contributed by atoms with Crippen molar-refractivity contribution in [1.82, 2.24) is 4.90 Å². The highest BCUT2D eigenvalue weighted by Gasteiger charge is 2.43. The summed E-state index contributed by atoms with van der Waals surface area (Å²) in [7, 11) is 0. The molecule has 0 atom stereocenters. The summed E-state index contributed by atoms with van der Waals surface area (Å²) in [5.74, 6) is 0.232. The van der Waals surface area contributed by atoms with Crippen LogP contribution in [0.3, 0.4) is 0 Å². The normalized spacial score (nSPS) is 18.0. The first-order valence-corrected chi connectivity index (χ1v) is 8.06. The van der Waals surface area contributed by atoms with Gasteiger partial charge in [0.05, 0.1) is 18.2 Å². The van der Waals surface area contributed by atoms with Gasteiger partial charge in [-0.1, -0.05) is 29.8 Å². The molecule has 3 rings (SSSR count). The molecule has 122 valence electrons. The van der Waals surface area contributed by atoms with Gasteiger partial charge in [0.1, 0.15) is 5.76 Å². The molecular formula is C19H23NO3. The number of benzene rings is 1. The number of likely N-dealkylation sites (tertiary alicyclic amines) is 1. The van der Waals surface area contributed by atoms with Gasteiger partial charge in [-0.3, -0.25) is 9.69 Å². The molecule has 0 amide bonds. The third-order valence-corrected chi connectivity index (χ3v) is 4.89. The van der Waals surface area contributed by atoms with Gasteiger partial charge >= 0.3 is 5.97 Å². The lowest BCUT2D eigenvalue weighted by atomic mass is 9.72. The Morgan fingerprint density at radius 2 is 1.83 bits per heavy atom. The van der Waals surface area contributed by atoms with Gasteiger partial charge in [0, 0.05) is 13.1 Å². The van der Waals surface area contributed by atoms with Gasteiger partial charge in [0.2, 0.25) is 0 Å². The Kier molecular flexibility index (Phi) is 4.26. The van der Waals surface area contributed by atoms with E-state index in [9.17, 15) is 9.90 Å². The molecule has 1 aromatic heterocycles. The summed E-state index contributed by atoms with van der Waals surface area (Å²) >= 11 is 0. The topological polar surface area (TPSA) is 53.7 Å². The number of carboxylic acids is 1. The van der Waals surface area contributed by atoms with E-state index < -0.39 is 11.4 Å². The lowest BCUT2D eigenvalue weighted by Crippen LogP contribution is -2.47. The summed E-state index contributed by atoms with van der Waals surface area (Å²) in [5, 5.41) is 9.85. The molecule has 4 heteroatoms. The third kappa shape index (κ3) is 3.17. The molecule has 0 aliphatic carbocycles. The zero-order valence-corrected chi connectivity index (χ0v) is 13.7. The Morgan fingerprint density at radius 3 is 2.35 bits per heavy atom. The van der Waals surface area contributed by atoms with E-state index in [2.05, 4.69) is 4.90 Å². The number of aliphatic carboxylic acids is 1. The van der Waals surface area contributed by atoms with E-state index in [1.54, 1.807) is 6.26 Å². The summed E-state index contributed by atoms with van der Waals surface area (Å²) in [6, 6.07) is 9.97. The smallest absolute Gasteiger partial charge is 0.314 e. The van der Waals surface area contributed by atoms with Gasteiger partial charge in [-0.15, -0.1) is 0 Å². The Bertz CT molecular complexity index is 679. The van der Waals surface area contributed by atoms with Crippen LogP contribution in [0.4, 0.5) is 0 Å². The maximum atomic E-state index is 12.0. The van der Waals surface area contributed by atoms with Gasteiger partial charge in [0.15, 0.2) is 0 Å². The minimum Gasteiger partial charge on any atom is -0.481 e. The Labute approximate surface area is 136 Å². The van der Waals surface area contributed by atoms with Crippen molar-refractivity contribution in [1.29, 1.82) is 0 Å². The number of piperidine rings is 1. The fourth-order valence-corrected chi connectivity index (χ4v) is 3.39. The molecule has 1 aliphatic heterocycles. The van der Waals surface area contributed by atoms with Crippen LogP contribution in [-0.4, -0.2) is 29.1 Å². The summed E-state index contributed by atoms with van der Waals surface area (Å²) in [6.45, 7) is 6.30. The summed E-state index contributed by atoms with van der Waals surface area (Å²) in [4.78, 5) is 14.3. The standard InChI is InChI=1S/C19H23NO3/c1-14-3-5-16(6-4-14)19(18(21)22)7-9-20(10-8-19)12-17-11-15(2)13-23-17/h3-6,11,13H,7-10,12H2,1-2H3,(H,21,22). The monoisotopic (exact) mass is 313 g/mol. The molecule has 1 N–H and O–H groups in total. The van der Waals surface area contributed by atoms with Gasteiger partial charge < -0.3 is 9.52 Å². The SMILES string of the molecule is Cc1ccc(C2(C(=O)O)CCN(Cc3cc(C)co3)CC2)cc1. The van der Waals surface area contributed by atoms with E-state index in [0.717, 1.165) is 42.1 Å². The molecule has 0 bridgehead atoms. The number of hydrogen-bond acceptors (Lipinski definition) is 3. The second kappa shape index (κ2) is 6.20. The maximum Gasteiger partial charge on any atom is 0.314 e. The number of carbonyl (C=O) groups is 1. The van der Waals surface area contributed by atoms with E-state index in [4.69, 9.17) is 4.42 Å². The van der Waals surface area contributed by atoms with Crippen molar-refractivity contribution >= 4 is 5.97 Å². The molecule has 2 heterocycles. The fraction of sp³-hybridized carbons (Fsp3) is 0.421. The summed E-state index contributed by atoms with van der Waals surface area (Å²) < 4.78 is 5.51. The molecule has 2 aromatic rings. The van der Waals surface area contributed by atoms with Crippen molar-refractivity contribution in [3.8, 4) is 0 Å². The highest BCUT2D eigenvalue weighted by molar-refractivity contribution is 5.81. The number of nitrogens with zero attached hydrogens (tertiary/aromatic N) is 1. The molecule has 0 unspecified atom stereocenters. The molecule has 1 aliphatic rings. The van der Waals surface area contributed by atoms with E-state index in [1.165, 1.54) is 0 Å². The number of aryl methyl sites for hydroxylation is 2. The highest BCUT2D eigenvalue weighted by Crippen LogP contribution is 2.36. The van der Waals surface area contributed by atoms with E-state index >= 15 is 0 Å². The average Bonchev–Trinajstić information content (AvgIpc) is 2.94. The first-order chi connectivity index (χ1) is 11.0. The number of carboxylic acid groups (broad SMARTS) is 1. The van der Waals surface area contributed by atoms with Crippen LogP contribution in [0.5, 0.6) is 0 Å². The minimum absolute atomic E-state index is 0.630. The van der Waals surface area contributed by atoms with Crippen molar-refractivity contribution in [2.45, 2.75) is 38.6 Å². The summed E-state index contributed by atoms with van der Waals surface area (Å²) in [6.07, 6.45) is 3.02. The van der Waals surface area contributed by atoms with Crippen LogP contribution < -0.4 is 0 Å². The molecule has 4 nitrogen and oxygen atoms in total. The van der Waals surface area contributed by atoms with Gasteiger partial charge in [-0.2, -0.15) is 0 Å². The van der Waals surface area contributed by atoms with Gasteiger partial charge in [0.25, 0.3) is 0 Å². The summed E-state index contributed by atoms with van der Waals surface area (Å²) in [5.41, 5.74) is 2.43. The zero-order valence-electron chi connectivity index (χ0n) is 13.7. The minimum atomic E-state index is -0.761. The molecule has 23 heavy (non-hydrogen) atoms. The molecule has 1 aromatic carbocycles. The Hall–Kier alpha value is -2.07. The lowest BCUT2D eigenvalue weighted by Gasteiger charge is -2.39. The van der Waals surface area contributed by atoms with E-state index in [1.807, 2.05) is 44.2 Å². The van der Waals surface area contributed by atoms with Crippen LogP contribution in [0.25, 0.3) is 0 Å². The zero-order chi connectivity index (χ0) is 16.4. The molecule has 0 spiro atoms. The van der Waals surface area contributed by atoms with Crippen molar-refractivity contribution in [3.63, 3.8) is 0 Å². The second-order valence-electron chi connectivity index (χ2n) is 6.62. The highest BCUT2D eigenvalue weighted by atomic mass is 16.4. The predicted molar refractivity (Wildman–Crippen MR) is 88.4 cm³/mol. The van der Waals surface area contributed by atoms with E-state index in [-0.39, 0.29) is 0 Å². The van der Waals surface area contributed by atoms with Crippen molar-refractivity contribution in [3.05, 3.63) is 59.0 Å². The second-order valence-corrected chi connectivity index (χ2v) is 6.62. The quantitative estimate of drug-likeness (QED) is 0.938. The number of rotatable bonds is 4. The van der Waals surface area contributed by atoms with Crippen LogP contribution in [0, 0.1) is 13.8 Å².